The van der Waals surface area contributed by atoms with E-state index in [4.69, 9.17) is 10.5 Å². The Labute approximate surface area is 129 Å². The molecule has 0 aromatic heterocycles. The van der Waals surface area contributed by atoms with Crippen LogP contribution in [0, 0.1) is 12.8 Å². The average Bonchev–Trinajstić information content (AvgIpc) is 2.37. The van der Waals surface area contributed by atoms with Gasteiger partial charge in [0.15, 0.2) is 0 Å². The van der Waals surface area contributed by atoms with Crippen LogP contribution < -0.4 is 5.73 Å². The van der Waals surface area contributed by atoms with Crippen LogP contribution in [0.1, 0.15) is 29.8 Å². The molecule has 1 amide bonds. The van der Waals surface area contributed by atoms with Gasteiger partial charge in [-0.25, -0.2) is 0 Å². The Morgan fingerprint density at radius 1 is 1.45 bits per heavy atom. The number of nitrogens with zero attached hydrogens (tertiary/aromatic N) is 1. The molecule has 0 saturated heterocycles. The zero-order valence-corrected chi connectivity index (χ0v) is 14.2. The fraction of sp³-hybridized carbons (Fsp3) is 0.533. The Balaban J connectivity index is 3.04. The molecule has 1 aromatic rings. The average molecular weight is 343 g/mol. The summed E-state index contributed by atoms with van der Waals surface area (Å²) in [7, 11) is 1.64. The summed E-state index contributed by atoms with van der Waals surface area (Å²) in [5, 5.41) is 0. The van der Waals surface area contributed by atoms with Crippen molar-refractivity contribution in [1.29, 1.82) is 0 Å². The van der Waals surface area contributed by atoms with Gasteiger partial charge in [-0.2, -0.15) is 0 Å². The van der Waals surface area contributed by atoms with Crippen molar-refractivity contribution in [2.45, 2.75) is 20.8 Å². The third kappa shape index (κ3) is 4.49. The largest absolute Gasteiger partial charge is 0.398 e. The number of benzene rings is 1. The van der Waals surface area contributed by atoms with Crippen LogP contribution >= 0.6 is 15.9 Å². The third-order valence-electron chi connectivity index (χ3n) is 3.08. The molecule has 2 N–H and O–H groups in total. The lowest BCUT2D eigenvalue weighted by molar-refractivity contribution is 0.0671. The second-order valence-corrected chi connectivity index (χ2v) is 6.22. The van der Waals surface area contributed by atoms with E-state index < -0.39 is 0 Å². The number of ether oxygens (including phenoxy) is 1. The van der Waals surface area contributed by atoms with Gasteiger partial charge in [-0.3, -0.25) is 4.79 Å². The minimum atomic E-state index is 0.00116. The lowest BCUT2D eigenvalue weighted by Crippen LogP contribution is -2.37. The number of nitrogens with two attached hydrogens (primary N) is 1. The predicted molar refractivity (Wildman–Crippen MR) is 85.9 cm³/mol. The van der Waals surface area contributed by atoms with Gasteiger partial charge in [0, 0.05) is 35.9 Å². The first-order valence-electron chi connectivity index (χ1n) is 6.70. The quantitative estimate of drug-likeness (QED) is 0.808. The van der Waals surface area contributed by atoms with Crippen LogP contribution in [0.15, 0.2) is 16.6 Å². The highest BCUT2D eigenvalue weighted by molar-refractivity contribution is 9.10. The number of anilines is 1. The maximum absolute atomic E-state index is 12.7. The smallest absolute Gasteiger partial charge is 0.254 e. The number of carbonyl (C=O) groups excluding carboxylic acids is 1. The SMILES string of the molecule is COCCN(CC(C)C)C(=O)c1cc(Br)cc(N)c1C. The van der Waals surface area contributed by atoms with Crippen LogP contribution in [0.4, 0.5) is 5.69 Å². The van der Waals surface area contributed by atoms with E-state index in [2.05, 4.69) is 29.8 Å². The molecule has 0 spiro atoms. The molecule has 1 rings (SSSR count). The highest BCUT2D eigenvalue weighted by Crippen LogP contribution is 2.24. The molecule has 0 saturated carbocycles. The van der Waals surface area contributed by atoms with Gasteiger partial charge in [0.2, 0.25) is 0 Å². The number of carbonyl (C=O) groups is 1. The molecule has 0 fully saturated rings. The summed E-state index contributed by atoms with van der Waals surface area (Å²) >= 11 is 3.39. The Hall–Kier alpha value is -1.07. The van der Waals surface area contributed by atoms with Gasteiger partial charge in [-0.1, -0.05) is 29.8 Å². The second-order valence-electron chi connectivity index (χ2n) is 5.31. The first-order valence-corrected chi connectivity index (χ1v) is 7.50. The fourth-order valence-corrected chi connectivity index (χ4v) is 2.49. The van der Waals surface area contributed by atoms with Gasteiger partial charge in [-0.05, 0) is 30.5 Å². The van der Waals surface area contributed by atoms with Crippen LogP contribution in [0.25, 0.3) is 0 Å². The summed E-state index contributed by atoms with van der Waals surface area (Å²) in [6.45, 7) is 7.87. The van der Waals surface area contributed by atoms with E-state index in [-0.39, 0.29) is 5.91 Å². The van der Waals surface area contributed by atoms with Gasteiger partial charge in [0.1, 0.15) is 0 Å². The summed E-state index contributed by atoms with van der Waals surface area (Å²) in [5.41, 5.74) is 8.03. The molecule has 0 aliphatic heterocycles. The van der Waals surface area contributed by atoms with Gasteiger partial charge >= 0.3 is 0 Å². The number of rotatable bonds is 6. The van der Waals surface area contributed by atoms with Crippen molar-refractivity contribution in [3.63, 3.8) is 0 Å². The molecule has 1 aromatic carbocycles. The highest BCUT2D eigenvalue weighted by atomic mass is 79.9. The summed E-state index contributed by atoms with van der Waals surface area (Å²) in [6.07, 6.45) is 0. The maximum atomic E-state index is 12.7. The minimum Gasteiger partial charge on any atom is -0.398 e. The fourth-order valence-electron chi connectivity index (χ4n) is 2.01. The molecule has 0 unspecified atom stereocenters. The number of amides is 1. The van der Waals surface area contributed by atoms with E-state index in [1.165, 1.54) is 0 Å². The molecular weight excluding hydrogens is 320 g/mol. The first kappa shape index (κ1) is 17.0. The van der Waals surface area contributed by atoms with E-state index in [1.807, 2.05) is 24.0 Å². The number of hydrogen-bond acceptors (Lipinski definition) is 3. The lowest BCUT2D eigenvalue weighted by atomic mass is 10.0. The minimum absolute atomic E-state index is 0.00116. The Kier molecular flexibility index (Phi) is 6.49. The molecule has 0 heterocycles. The number of hydrogen-bond donors (Lipinski definition) is 1. The molecule has 20 heavy (non-hydrogen) atoms. The molecule has 0 atom stereocenters. The zero-order chi connectivity index (χ0) is 15.3. The van der Waals surface area contributed by atoms with E-state index in [9.17, 15) is 4.79 Å². The molecule has 0 aliphatic carbocycles. The van der Waals surface area contributed by atoms with E-state index >= 15 is 0 Å². The Morgan fingerprint density at radius 3 is 2.65 bits per heavy atom. The molecular formula is C15H23BrN2O2. The molecule has 4 nitrogen and oxygen atoms in total. The van der Waals surface area contributed by atoms with E-state index in [0.29, 0.717) is 36.9 Å². The third-order valence-corrected chi connectivity index (χ3v) is 3.54. The lowest BCUT2D eigenvalue weighted by Gasteiger charge is -2.25. The highest BCUT2D eigenvalue weighted by Gasteiger charge is 2.20. The predicted octanol–water partition coefficient (Wildman–Crippen LogP) is 3.08. The second kappa shape index (κ2) is 7.64. The van der Waals surface area contributed by atoms with Crippen molar-refractivity contribution >= 4 is 27.5 Å². The summed E-state index contributed by atoms with van der Waals surface area (Å²) in [4.78, 5) is 14.5. The van der Waals surface area contributed by atoms with Gasteiger partial charge in [0.05, 0.1) is 6.61 Å². The maximum Gasteiger partial charge on any atom is 0.254 e. The summed E-state index contributed by atoms with van der Waals surface area (Å²) < 4.78 is 5.91. The normalized spacial score (nSPS) is 10.9. The molecule has 0 radical (unpaired) electrons. The van der Waals surface area contributed by atoms with E-state index in [1.54, 1.807) is 7.11 Å². The Morgan fingerprint density at radius 2 is 2.10 bits per heavy atom. The Bertz CT molecular complexity index is 475. The van der Waals surface area contributed by atoms with Crippen molar-refractivity contribution in [2.24, 2.45) is 5.92 Å². The molecule has 0 aliphatic rings. The van der Waals surface area contributed by atoms with Crippen molar-refractivity contribution in [1.82, 2.24) is 4.90 Å². The van der Waals surface area contributed by atoms with Crippen LogP contribution in [-0.2, 0) is 4.74 Å². The van der Waals surface area contributed by atoms with Crippen molar-refractivity contribution in [3.8, 4) is 0 Å². The summed E-state index contributed by atoms with van der Waals surface area (Å²) in [5.74, 6) is 0.405. The van der Waals surface area contributed by atoms with Crippen LogP contribution in [0.3, 0.4) is 0 Å². The standard InChI is InChI=1S/C15H23BrN2O2/c1-10(2)9-18(5-6-20-4)15(19)13-7-12(16)8-14(17)11(13)3/h7-8,10H,5-6,9,17H2,1-4H3. The molecule has 0 bridgehead atoms. The van der Waals surface area contributed by atoms with Crippen LogP contribution in [0.2, 0.25) is 0 Å². The number of nitrogen functional groups attached to an aromatic ring is 1. The van der Waals surface area contributed by atoms with Crippen molar-refractivity contribution < 1.29 is 9.53 Å². The summed E-state index contributed by atoms with van der Waals surface area (Å²) in [6, 6.07) is 3.64. The van der Waals surface area contributed by atoms with Gasteiger partial charge in [-0.15, -0.1) is 0 Å². The van der Waals surface area contributed by atoms with Gasteiger partial charge < -0.3 is 15.4 Å². The topological polar surface area (TPSA) is 55.6 Å². The monoisotopic (exact) mass is 342 g/mol. The van der Waals surface area contributed by atoms with Gasteiger partial charge in [0.25, 0.3) is 5.91 Å². The van der Waals surface area contributed by atoms with E-state index in [0.717, 1.165) is 10.0 Å². The first-order chi connectivity index (χ1) is 9.36. The van der Waals surface area contributed by atoms with Crippen molar-refractivity contribution in [2.75, 3.05) is 32.5 Å². The van der Waals surface area contributed by atoms with Crippen LogP contribution in [0.5, 0.6) is 0 Å². The van der Waals surface area contributed by atoms with Crippen molar-refractivity contribution in [3.05, 3.63) is 27.7 Å². The zero-order valence-electron chi connectivity index (χ0n) is 12.6. The van der Waals surface area contributed by atoms with Crippen LogP contribution in [-0.4, -0.2) is 37.6 Å². The number of methoxy groups -OCH3 is 1. The number of halogens is 1. The molecule has 5 heteroatoms. The molecule has 112 valence electrons.